The lowest BCUT2D eigenvalue weighted by molar-refractivity contribution is -0.136. The first-order valence-corrected chi connectivity index (χ1v) is 9.82. The lowest BCUT2D eigenvalue weighted by atomic mass is 9.93. The number of piperidine rings is 1. The van der Waals surface area contributed by atoms with E-state index < -0.39 is 5.97 Å². The standard InChI is InChI=1S/C22H28N2O3/c1-27-22(26)19(23-21(25)17-10-4-2-5-11-17)16-18-12-6-7-13-20(18)24-14-8-3-9-15-24/h2,4-5,10-11,16H,3,6-9,12-15H2,1H3,(H,23,25)/b19-16-. The van der Waals surface area contributed by atoms with Crippen LogP contribution in [-0.4, -0.2) is 37.0 Å². The fourth-order valence-corrected chi connectivity index (χ4v) is 3.81. The quantitative estimate of drug-likeness (QED) is 0.635. The molecule has 1 aliphatic carbocycles. The predicted molar refractivity (Wildman–Crippen MR) is 105 cm³/mol. The minimum atomic E-state index is -0.518. The number of amides is 1. The van der Waals surface area contributed by atoms with Crippen LogP contribution in [0.15, 0.2) is 53.4 Å². The zero-order chi connectivity index (χ0) is 19.1. The molecule has 1 amide bonds. The van der Waals surface area contributed by atoms with Gasteiger partial charge in [-0.25, -0.2) is 4.79 Å². The largest absolute Gasteiger partial charge is 0.464 e. The number of benzene rings is 1. The van der Waals surface area contributed by atoms with Crippen LogP contribution in [0.4, 0.5) is 0 Å². The van der Waals surface area contributed by atoms with E-state index in [1.165, 1.54) is 38.5 Å². The normalized spacial score (nSPS) is 18.3. The van der Waals surface area contributed by atoms with Crippen LogP contribution < -0.4 is 5.32 Å². The van der Waals surface area contributed by atoms with Gasteiger partial charge in [-0.1, -0.05) is 18.2 Å². The van der Waals surface area contributed by atoms with Crippen LogP contribution in [0.1, 0.15) is 55.3 Å². The van der Waals surface area contributed by atoms with Crippen LogP contribution in [0.2, 0.25) is 0 Å². The molecule has 0 bridgehead atoms. The Labute approximate surface area is 161 Å². The van der Waals surface area contributed by atoms with E-state index >= 15 is 0 Å². The molecule has 0 radical (unpaired) electrons. The first-order chi connectivity index (χ1) is 13.2. The van der Waals surface area contributed by atoms with Crippen molar-refractivity contribution in [1.82, 2.24) is 10.2 Å². The number of hydrogen-bond acceptors (Lipinski definition) is 4. The summed E-state index contributed by atoms with van der Waals surface area (Å²) in [4.78, 5) is 27.3. The van der Waals surface area contributed by atoms with E-state index in [2.05, 4.69) is 10.2 Å². The molecule has 144 valence electrons. The predicted octanol–water partition coefficient (Wildman–Crippen LogP) is 3.79. The maximum Gasteiger partial charge on any atom is 0.354 e. The van der Waals surface area contributed by atoms with Gasteiger partial charge in [-0.2, -0.15) is 0 Å². The maximum atomic E-state index is 12.5. The third-order valence-electron chi connectivity index (χ3n) is 5.23. The van der Waals surface area contributed by atoms with Crippen molar-refractivity contribution in [3.8, 4) is 0 Å². The van der Waals surface area contributed by atoms with Crippen LogP contribution in [-0.2, 0) is 9.53 Å². The molecule has 1 aromatic carbocycles. The van der Waals surface area contributed by atoms with Crippen LogP contribution in [0.25, 0.3) is 0 Å². The molecule has 1 aliphatic heterocycles. The van der Waals surface area contributed by atoms with Gasteiger partial charge in [0, 0.05) is 24.4 Å². The lowest BCUT2D eigenvalue weighted by Gasteiger charge is -2.34. The highest BCUT2D eigenvalue weighted by molar-refractivity contribution is 6.01. The summed E-state index contributed by atoms with van der Waals surface area (Å²) in [6.45, 7) is 2.16. The van der Waals surface area contributed by atoms with Gasteiger partial charge in [0.25, 0.3) is 5.91 Å². The van der Waals surface area contributed by atoms with E-state index in [0.717, 1.165) is 37.9 Å². The lowest BCUT2D eigenvalue weighted by Crippen LogP contribution is -2.31. The Morgan fingerprint density at radius 1 is 1.00 bits per heavy atom. The fraction of sp³-hybridized carbons (Fsp3) is 0.455. The summed E-state index contributed by atoms with van der Waals surface area (Å²) in [7, 11) is 1.34. The molecule has 1 N–H and O–H groups in total. The number of ether oxygens (including phenoxy) is 1. The maximum absolute atomic E-state index is 12.5. The summed E-state index contributed by atoms with van der Waals surface area (Å²) in [5, 5.41) is 2.75. The zero-order valence-electron chi connectivity index (χ0n) is 16.0. The minimum absolute atomic E-state index is 0.206. The van der Waals surface area contributed by atoms with Gasteiger partial charge in [0.05, 0.1) is 7.11 Å². The number of carbonyl (C=O) groups is 2. The molecule has 1 aromatic rings. The van der Waals surface area contributed by atoms with E-state index in [0.29, 0.717) is 5.56 Å². The van der Waals surface area contributed by atoms with Crippen molar-refractivity contribution in [3.05, 3.63) is 58.9 Å². The number of hydrogen-bond donors (Lipinski definition) is 1. The minimum Gasteiger partial charge on any atom is -0.464 e. The van der Waals surface area contributed by atoms with Crippen molar-refractivity contribution in [2.75, 3.05) is 20.2 Å². The monoisotopic (exact) mass is 368 g/mol. The molecule has 1 fully saturated rings. The van der Waals surface area contributed by atoms with Crippen LogP contribution in [0, 0.1) is 0 Å². The van der Waals surface area contributed by atoms with Crippen molar-refractivity contribution in [1.29, 1.82) is 0 Å². The van der Waals surface area contributed by atoms with E-state index in [9.17, 15) is 9.59 Å². The molecule has 0 spiro atoms. The number of rotatable bonds is 5. The second kappa shape index (κ2) is 9.40. The number of allylic oxidation sites excluding steroid dienone is 3. The molecule has 3 rings (SSSR count). The van der Waals surface area contributed by atoms with Gasteiger partial charge >= 0.3 is 5.97 Å². The van der Waals surface area contributed by atoms with Crippen LogP contribution in [0.5, 0.6) is 0 Å². The summed E-state index contributed by atoms with van der Waals surface area (Å²) in [6.07, 6.45) is 9.78. The molecular weight excluding hydrogens is 340 g/mol. The Kier molecular flexibility index (Phi) is 6.69. The van der Waals surface area contributed by atoms with Crippen molar-refractivity contribution in [2.24, 2.45) is 0 Å². The number of nitrogens with one attached hydrogen (secondary N) is 1. The fourth-order valence-electron chi connectivity index (χ4n) is 3.81. The summed E-state index contributed by atoms with van der Waals surface area (Å²) in [5.41, 5.74) is 3.20. The Hall–Kier alpha value is -2.56. The molecule has 2 aliphatic rings. The van der Waals surface area contributed by atoms with Crippen molar-refractivity contribution in [3.63, 3.8) is 0 Å². The summed E-state index contributed by atoms with van der Waals surface area (Å²) < 4.78 is 4.91. The molecule has 0 saturated carbocycles. The Morgan fingerprint density at radius 2 is 1.70 bits per heavy atom. The topological polar surface area (TPSA) is 58.6 Å². The third kappa shape index (κ3) is 5.00. The molecular formula is C22H28N2O3. The second-order valence-electron chi connectivity index (χ2n) is 7.10. The summed E-state index contributed by atoms with van der Waals surface area (Å²) in [5.74, 6) is -0.821. The number of carbonyl (C=O) groups excluding carboxylic acids is 2. The zero-order valence-corrected chi connectivity index (χ0v) is 16.0. The molecule has 5 heteroatoms. The molecule has 5 nitrogen and oxygen atoms in total. The molecule has 0 unspecified atom stereocenters. The Morgan fingerprint density at radius 3 is 2.41 bits per heavy atom. The van der Waals surface area contributed by atoms with E-state index in [-0.39, 0.29) is 11.6 Å². The van der Waals surface area contributed by atoms with Gasteiger partial charge in [-0.05, 0) is 68.7 Å². The highest BCUT2D eigenvalue weighted by atomic mass is 16.5. The van der Waals surface area contributed by atoms with E-state index in [1.807, 2.05) is 12.1 Å². The van der Waals surface area contributed by atoms with Gasteiger partial charge < -0.3 is 15.0 Å². The van der Waals surface area contributed by atoms with E-state index in [1.54, 1.807) is 24.3 Å². The highest BCUT2D eigenvalue weighted by Crippen LogP contribution is 2.30. The van der Waals surface area contributed by atoms with Crippen LogP contribution in [0.3, 0.4) is 0 Å². The van der Waals surface area contributed by atoms with Gasteiger partial charge in [-0.15, -0.1) is 0 Å². The molecule has 0 aromatic heterocycles. The van der Waals surface area contributed by atoms with Crippen molar-refractivity contribution < 1.29 is 14.3 Å². The summed E-state index contributed by atoms with van der Waals surface area (Å²) >= 11 is 0. The average Bonchev–Trinajstić information content (AvgIpc) is 2.74. The third-order valence-corrected chi connectivity index (χ3v) is 5.23. The van der Waals surface area contributed by atoms with Gasteiger partial charge in [0.2, 0.25) is 0 Å². The number of methoxy groups -OCH3 is 1. The Bertz CT molecular complexity index is 731. The van der Waals surface area contributed by atoms with Gasteiger partial charge in [0.15, 0.2) is 0 Å². The number of likely N-dealkylation sites (tertiary alicyclic amines) is 1. The first-order valence-electron chi connectivity index (χ1n) is 9.82. The van der Waals surface area contributed by atoms with Gasteiger partial charge in [0.1, 0.15) is 5.70 Å². The average molecular weight is 368 g/mol. The smallest absolute Gasteiger partial charge is 0.354 e. The summed E-state index contributed by atoms with van der Waals surface area (Å²) in [6, 6.07) is 8.90. The highest BCUT2D eigenvalue weighted by Gasteiger charge is 2.22. The number of esters is 1. The van der Waals surface area contributed by atoms with Gasteiger partial charge in [-0.3, -0.25) is 4.79 Å². The molecule has 1 saturated heterocycles. The SMILES string of the molecule is COC(=O)/C(=C/C1=C(N2CCCCC2)CCCC1)NC(=O)c1ccccc1. The van der Waals surface area contributed by atoms with Crippen LogP contribution >= 0.6 is 0 Å². The molecule has 1 heterocycles. The molecule has 27 heavy (non-hydrogen) atoms. The Balaban J connectivity index is 1.87. The first kappa shape index (κ1) is 19.2. The number of nitrogens with zero attached hydrogens (tertiary/aromatic N) is 1. The second-order valence-corrected chi connectivity index (χ2v) is 7.10. The molecule has 0 atom stereocenters. The van der Waals surface area contributed by atoms with Crippen molar-refractivity contribution in [2.45, 2.75) is 44.9 Å². The van der Waals surface area contributed by atoms with E-state index in [4.69, 9.17) is 4.74 Å². The van der Waals surface area contributed by atoms with Crippen molar-refractivity contribution >= 4 is 11.9 Å².